The molecule has 0 unspecified atom stereocenters. The van der Waals surface area contributed by atoms with Crippen molar-refractivity contribution >= 4 is 27.5 Å². The van der Waals surface area contributed by atoms with Crippen LogP contribution in [0.2, 0.25) is 0 Å². The number of aryl methyl sites for hydroxylation is 3. The van der Waals surface area contributed by atoms with Gasteiger partial charge in [-0.2, -0.15) is 0 Å². The molecule has 2 amide bonds. The third-order valence-electron chi connectivity index (χ3n) is 8.90. The third kappa shape index (κ3) is 8.69. The molecule has 0 radical (unpaired) electrons. The highest BCUT2D eigenvalue weighted by Gasteiger charge is 2.35. The van der Waals surface area contributed by atoms with Crippen molar-refractivity contribution in [3.63, 3.8) is 0 Å². The molecule has 1 aliphatic carbocycles. The number of sulfonamides is 1. The molecule has 0 bridgehead atoms. The standard InChI is InChI=1S/C39H45N3O4S/c1-29-14-13-17-33(24-29)27-41(37(26-32-15-7-4-8-16-32)39(44)40-34-18-9-5-10-19-34)38(43)28-42(36-25-30(2)22-23-31(36)3)47(45,46)35-20-11-6-12-21-35/h4,6-8,11-17,20-25,34,37H,5,9-10,18-19,26-28H2,1-3H3,(H,40,44)/t37-/m1/s1. The largest absolute Gasteiger partial charge is 0.352 e. The highest BCUT2D eigenvalue weighted by atomic mass is 32.2. The molecule has 0 heterocycles. The summed E-state index contributed by atoms with van der Waals surface area (Å²) in [6.45, 7) is 5.42. The van der Waals surface area contributed by atoms with Gasteiger partial charge in [-0.05, 0) is 74.1 Å². The lowest BCUT2D eigenvalue weighted by molar-refractivity contribution is -0.140. The molecule has 4 aromatic rings. The minimum atomic E-state index is -4.14. The molecule has 1 aliphatic rings. The monoisotopic (exact) mass is 651 g/mol. The number of amides is 2. The van der Waals surface area contributed by atoms with Crippen LogP contribution in [0.15, 0.2) is 108 Å². The zero-order chi connectivity index (χ0) is 33.4. The van der Waals surface area contributed by atoms with Crippen LogP contribution in [0.1, 0.15) is 59.9 Å². The van der Waals surface area contributed by atoms with E-state index in [1.165, 1.54) is 16.4 Å². The molecule has 4 aromatic carbocycles. The lowest BCUT2D eigenvalue weighted by Crippen LogP contribution is -2.55. The Morgan fingerprint density at radius 1 is 0.766 bits per heavy atom. The predicted octanol–water partition coefficient (Wildman–Crippen LogP) is 6.90. The van der Waals surface area contributed by atoms with Crippen molar-refractivity contribution in [3.8, 4) is 0 Å². The first-order chi connectivity index (χ1) is 22.6. The number of rotatable bonds is 12. The van der Waals surface area contributed by atoms with E-state index < -0.39 is 28.5 Å². The van der Waals surface area contributed by atoms with Crippen molar-refractivity contribution in [2.75, 3.05) is 10.8 Å². The summed E-state index contributed by atoms with van der Waals surface area (Å²) >= 11 is 0. The van der Waals surface area contributed by atoms with E-state index in [4.69, 9.17) is 0 Å². The quantitative estimate of drug-likeness (QED) is 0.181. The lowest BCUT2D eigenvalue weighted by atomic mass is 9.94. The van der Waals surface area contributed by atoms with Crippen LogP contribution in [0.4, 0.5) is 5.69 Å². The fourth-order valence-electron chi connectivity index (χ4n) is 6.33. The van der Waals surface area contributed by atoms with Crippen LogP contribution in [-0.2, 0) is 32.6 Å². The molecule has 1 N–H and O–H groups in total. The van der Waals surface area contributed by atoms with Gasteiger partial charge < -0.3 is 10.2 Å². The van der Waals surface area contributed by atoms with E-state index in [-0.39, 0.29) is 23.4 Å². The smallest absolute Gasteiger partial charge is 0.264 e. The van der Waals surface area contributed by atoms with Crippen LogP contribution in [-0.4, -0.2) is 43.8 Å². The topological polar surface area (TPSA) is 86.8 Å². The number of carbonyl (C=O) groups is 2. The Labute approximate surface area is 279 Å². The van der Waals surface area contributed by atoms with Crippen molar-refractivity contribution in [2.45, 2.75) is 82.8 Å². The predicted molar refractivity (Wildman–Crippen MR) is 188 cm³/mol. The minimum Gasteiger partial charge on any atom is -0.352 e. The van der Waals surface area contributed by atoms with E-state index in [2.05, 4.69) is 5.32 Å². The number of carbonyl (C=O) groups excluding carboxylic acids is 2. The molecule has 8 heteroatoms. The van der Waals surface area contributed by atoms with Crippen LogP contribution < -0.4 is 9.62 Å². The van der Waals surface area contributed by atoms with Gasteiger partial charge in [-0.15, -0.1) is 0 Å². The fourth-order valence-corrected chi connectivity index (χ4v) is 7.82. The Morgan fingerprint density at radius 2 is 1.40 bits per heavy atom. The maximum Gasteiger partial charge on any atom is 0.264 e. The molecule has 5 rings (SSSR count). The van der Waals surface area contributed by atoms with Gasteiger partial charge in [0, 0.05) is 19.0 Å². The molecular weight excluding hydrogens is 607 g/mol. The Bertz CT molecular complexity index is 1770. The zero-order valence-electron chi connectivity index (χ0n) is 27.6. The summed E-state index contributed by atoms with van der Waals surface area (Å²) in [5.41, 5.74) is 4.85. The number of anilines is 1. The van der Waals surface area contributed by atoms with E-state index in [1.807, 2.05) is 87.5 Å². The average molecular weight is 652 g/mol. The Balaban J connectivity index is 1.58. The van der Waals surface area contributed by atoms with Crippen molar-refractivity contribution in [2.24, 2.45) is 0 Å². The number of hydrogen-bond donors (Lipinski definition) is 1. The van der Waals surface area contributed by atoms with Gasteiger partial charge >= 0.3 is 0 Å². The minimum absolute atomic E-state index is 0.0512. The maximum atomic E-state index is 14.8. The van der Waals surface area contributed by atoms with Gasteiger partial charge in [-0.3, -0.25) is 13.9 Å². The maximum absolute atomic E-state index is 14.8. The van der Waals surface area contributed by atoms with Gasteiger partial charge in [-0.1, -0.05) is 110 Å². The Kier molecular flexibility index (Phi) is 11.1. The molecule has 1 atom stereocenters. The Morgan fingerprint density at radius 3 is 2.09 bits per heavy atom. The van der Waals surface area contributed by atoms with Crippen molar-refractivity contribution in [1.82, 2.24) is 10.2 Å². The van der Waals surface area contributed by atoms with Crippen LogP contribution in [0.25, 0.3) is 0 Å². The van der Waals surface area contributed by atoms with Crippen LogP contribution in [0.3, 0.4) is 0 Å². The van der Waals surface area contributed by atoms with Crippen LogP contribution in [0.5, 0.6) is 0 Å². The molecule has 0 spiro atoms. The number of nitrogens with zero attached hydrogens (tertiary/aromatic N) is 2. The summed E-state index contributed by atoms with van der Waals surface area (Å²) in [7, 11) is -4.14. The van der Waals surface area contributed by atoms with Gasteiger partial charge in [0.1, 0.15) is 12.6 Å². The SMILES string of the molecule is Cc1cccc(CN(C(=O)CN(c2cc(C)ccc2C)S(=O)(=O)c2ccccc2)[C@H](Cc2ccccc2)C(=O)NC2CCCCC2)c1. The molecule has 0 saturated heterocycles. The molecule has 1 saturated carbocycles. The number of hydrogen-bond acceptors (Lipinski definition) is 4. The molecule has 7 nitrogen and oxygen atoms in total. The van der Waals surface area contributed by atoms with Gasteiger partial charge in [0.2, 0.25) is 11.8 Å². The van der Waals surface area contributed by atoms with E-state index in [9.17, 15) is 18.0 Å². The molecular formula is C39H45N3O4S. The number of benzene rings is 4. The van der Waals surface area contributed by atoms with E-state index in [1.54, 1.807) is 29.2 Å². The first-order valence-corrected chi connectivity index (χ1v) is 17.9. The van der Waals surface area contributed by atoms with Crippen LogP contribution >= 0.6 is 0 Å². The van der Waals surface area contributed by atoms with E-state index in [0.717, 1.165) is 59.9 Å². The lowest BCUT2D eigenvalue weighted by Gasteiger charge is -2.35. The van der Waals surface area contributed by atoms with Crippen molar-refractivity contribution in [3.05, 3.63) is 131 Å². The normalized spacial score (nSPS) is 14.3. The summed E-state index contributed by atoms with van der Waals surface area (Å²) in [6, 6.07) is 30.5. The van der Waals surface area contributed by atoms with Gasteiger partial charge in [-0.25, -0.2) is 8.42 Å². The van der Waals surface area contributed by atoms with Gasteiger partial charge in [0.25, 0.3) is 10.0 Å². The number of nitrogens with one attached hydrogen (secondary N) is 1. The molecule has 0 aliphatic heterocycles. The summed E-state index contributed by atoms with van der Waals surface area (Å²) < 4.78 is 29.8. The first-order valence-electron chi connectivity index (χ1n) is 16.5. The Hall–Kier alpha value is -4.43. The summed E-state index contributed by atoms with van der Waals surface area (Å²) in [5, 5.41) is 3.26. The summed E-state index contributed by atoms with van der Waals surface area (Å²) in [4.78, 5) is 30.7. The van der Waals surface area contributed by atoms with E-state index >= 15 is 0 Å². The van der Waals surface area contributed by atoms with Crippen molar-refractivity contribution < 1.29 is 18.0 Å². The van der Waals surface area contributed by atoms with Crippen LogP contribution in [0, 0.1) is 20.8 Å². The van der Waals surface area contributed by atoms with Gasteiger partial charge in [0.05, 0.1) is 10.6 Å². The summed E-state index contributed by atoms with van der Waals surface area (Å²) in [6.07, 6.45) is 5.38. The summed E-state index contributed by atoms with van der Waals surface area (Å²) in [5.74, 6) is -0.669. The van der Waals surface area contributed by atoms with E-state index in [0.29, 0.717) is 12.1 Å². The highest BCUT2D eigenvalue weighted by Crippen LogP contribution is 2.29. The van der Waals surface area contributed by atoms with Crippen molar-refractivity contribution in [1.29, 1.82) is 0 Å². The average Bonchev–Trinajstić information content (AvgIpc) is 3.07. The molecule has 47 heavy (non-hydrogen) atoms. The van der Waals surface area contributed by atoms with Gasteiger partial charge in [0.15, 0.2) is 0 Å². The molecule has 0 aromatic heterocycles. The highest BCUT2D eigenvalue weighted by molar-refractivity contribution is 7.92. The fraction of sp³-hybridized carbons (Fsp3) is 0.333. The molecule has 1 fully saturated rings. The second-order valence-corrected chi connectivity index (χ2v) is 14.5. The zero-order valence-corrected chi connectivity index (χ0v) is 28.4. The second kappa shape index (κ2) is 15.4. The second-order valence-electron chi connectivity index (χ2n) is 12.7. The first kappa shape index (κ1) is 33.9. The molecule has 246 valence electrons. The third-order valence-corrected chi connectivity index (χ3v) is 10.7.